The normalized spacial score (nSPS) is 43.7. The fourth-order valence-electron chi connectivity index (χ4n) is 5.06. The van der Waals surface area contributed by atoms with Gasteiger partial charge >= 0.3 is 5.97 Å². The van der Waals surface area contributed by atoms with Crippen molar-refractivity contribution in [1.29, 1.82) is 0 Å². The third kappa shape index (κ3) is 2.49. The van der Waals surface area contributed by atoms with Crippen LogP contribution in [-0.2, 0) is 9.53 Å². The van der Waals surface area contributed by atoms with E-state index in [0.29, 0.717) is 24.4 Å². The first-order chi connectivity index (χ1) is 9.19. The predicted molar refractivity (Wildman–Crippen MR) is 79.1 cm³/mol. The molecule has 3 heteroatoms. The summed E-state index contributed by atoms with van der Waals surface area (Å²) in [6.07, 6.45) is 4.05. The van der Waals surface area contributed by atoms with Crippen LogP contribution in [0.5, 0.6) is 0 Å². The number of fused-ring (bicyclic) bond motifs is 1. The number of rotatable bonds is 2. The molecule has 2 fully saturated rings. The molecule has 0 aliphatic heterocycles. The first kappa shape index (κ1) is 15.8. The van der Waals surface area contributed by atoms with Crippen LogP contribution in [-0.4, -0.2) is 23.8 Å². The largest absolute Gasteiger partial charge is 0.466 e. The van der Waals surface area contributed by atoms with Gasteiger partial charge < -0.3 is 9.84 Å². The molecule has 0 saturated heterocycles. The Hall–Kier alpha value is -0.570. The molecule has 1 N–H and O–H groups in total. The van der Waals surface area contributed by atoms with Crippen LogP contribution >= 0.6 is 0 Å². The highest BCUT2D eigenvalue weighted by Gasteiger charge is 2.56. The molecule has 2 saturated carbocycles. The number of carbonyl (C=O) groups excluding carboxylic acids is 1. The SMILES string of the molecule is CC(=O)OC[C@H]1C(C)CC[C@H]2C(C)(C)[C@@H](O)CC[C@]12C. The second-order valence-electron chi connectivity index (χ2n) is 7.90. The van der Waals surface area contributed by atoms with E-state index in [1.807, 2.05) is 0 Å². The molecule has 5 atom stereocenters. The second kappa shape index (κ2) is 5.32. The Bertz CT molecular complexity index is 376. The van der Waals surface area contributed by atoms with Crippen LogP contribution in [0.4, 0.5) is 0 Å². The zero-order valence-electron chi connectivity index (χ0n) is 13.6. The summed E-state index contributed by atoms with van der Waals surface area (Å²) in [4.78, 5) is 11.2. The second-order valence-corrected chi connectivity index (χ2v) is 7.90. The molecule has 0 aromatic rings. The summed E-state index contributed by atoms with van der Waals surface area (Å²) < 4.78 is 5.36. The number of hydrogen-bond acceptors (Lipinski definition) is 3. The Balaban J connectivity index is 2.25. The zero-order valence-corrected chi connectivity index (χ0v) is 13.6. The van der Waals surface area contributed by atoms with Crippen LogP contribution in [0.25, 0.3) is 0 Å². The summed E-state index contributed by atoms with van der Waals surface area (Å²) in [5.41, 5.74) is 0.136. The minimum absolute atomic E-state index is 0.0401. The molecule has 2 aliphatic rings. The van der Waals surface area contributed by atoms with Gasteiger partial charge in [-0.3, -0.25) is 4.79 Å². The minimum Gasteiger partial charge on any atom is -0.466 e. The van der Waals surface area contributed by atoms with Gasteiger partial charge in [-0.05, 0) is 48.3 Å². The molecule has 0 aromatic heterocycles. The van der Waals surface area contributed by atoms with E-state index in [2.05, 4.69) is 27.7 Å². The number of ether oxygens (including phenoxy) is 1. The highest BCUT2D eigenvalue weighted by atomic mass is 16.5. The van der Waals surface area contributed by atoms with E-state index < -0.39 is 0 Å². The maximum absolute atomic E-state index is 11.2. The lowest BCUT2D eigenvalue weighted by molar-refractivity contribution is -0.168. The molecule has 116 valence electrons. The number of aliphatic hydroxyl groups excluding tert-OH is 1. The summed E-state index contributed by atoms with van der Waals surface area (Å²) >= 11 is 0. The minimum atomic E-state index is -0.205. The molecule has 1 unspecified atom stereocenters. The van der Waals surface area contributed by atoms with Gasteiger partial charge in [-0.2, -0.15) is 0 Å². The molecule has 0 heterocycles. The molecule has 0 bridgehead atoms. The van der Waals surface area contributed by atoms with Crippen LogP contribution in [0.1, 0.15) is 60.3 Å². The molecule has 2 aliphatic carbocycles. The lowest BCUT2D eigenvalue weighted by Gasteiger charge is -2.60. The van der Waals surface area contributed by atoms with Crippen LogP contribution in [0.15, 0.2) is 0 Å². The van der Waals surface area contributed by atoms with Gasteiger partial charge in [0.05, 0.1) is 12.7 Å². The molecule has 0 radical (unpaired) electrons. The van der Waals surface area contributed by atoms with Crippen molar-refractivity contribution in [1.82, 2.24) is 0 Å². The van der Waals surface area contributed by atoms with Gasteiger partial charge in [0.25, 0.3) is 0 Å². The highest BCUT2D eigenvalue weighted by Crippen LogP contribution is 2.61. The maximum atomic E-state index is 11.2. The van der Waals surface area contributed by atoms with Gasteiger partial charge in [0.1, 0.15) is 0 Å². The van der Waals surface area contributed by atoms with Gasteiger partial charge in [0, 0.05) is 12.8 Å². The summed E-state index contributed by atoms with van der Waals surface area (Å²) in [7, 11) is 0. The summed E-state index contributed by atoms with van der Waals surface area (Å²) in [6, 6.07) is 0. The number of esters is 1. The van der Waals surface area contributed by atoms with Crippen molar-refractivity contribution in [2.75, 3.05) is 6.61 Å². The van der Waals surface area contributed by atoms with Crippen LogP contribution in [0.3, 0.4) is 0 Å². The summed E-state index contributed by atoms with van der Waals surface area (Å²) in [6.45, 7) is 11.1. The average molecular weight is 282 g/mol. The van der Waals surface area contributed by atoms with Crippen molar-refractivity contribution >= 4 is 5.97 Å². The average Bonchev–Trinajstić information content (AvgIpc) is 2.33. The van der Waals surface area contributed by atoms with Crippen molar-refractivity contribution in [2.24, 2.45) is 28.6 Å². The fraction of sp³-hybridized carbons (Fsp3) is 0.941. The molecule has 3 nitrogen and oxygen atoms in total. The molecular formula is C17H30O3. The van der Waals surface area contributed by atoms with Gasteiger partial charge in [0.15, 0.2) is 0 Å². The van der Waals surface area contributed by atoms with Crippen molar-refractivity contribution < 1.29 is 14.6 Å². The monoisotopic (exact) mass is 282 g/mol. The number of aliphatic hydroxyl groups is 1. The van der Waals surface area contributed by atoms with Crippen LogP contribution < -0.4 is 0 Å². The lowest BCUT2D eigenvalue weighted by Crippen LogP contribution is -2.56. The first-order valence-corrected chi connectivity index (χ1v) is 8.01. The Morgan fingerprint density at radius 1 is 1.25 bits per heavy atom. The van der Waals surface area contributed by atoms with E-state index >= 15 is 0 Å². The van der Waals surface area contributed by atoms with E-state index in [-0.39, 0.29) is 22.9 Å². The molecule has 2 rings (SSSR count). The third-order valence-electron chi connectivity index (χ3n) is 6.42. The molecule has 0 spiro atoms. The quantitative estimate of drug-likeness (QED) is 0.790. The van der Waals surface area contributed by atoms with Crippen LogP contribution in [0, 0.1) is 28.6 Å². The van der Waals surface area contributed by atoms with Crippen molar-refractivity contribution in [3.63, 3.8) is 0 Å². The Morgan fingerprint density at radius 2 is 1.90 bits per heavy atom. The molecular weight excluding hydrogens is 252 g/mol. The topological polar surface area (TPSA) is 46.5 Å². The predicted octanol–water partition coefficient (Wildman–Crippen LogP) is 3.40. The third-order valence-corrected chi connectivity index (χ3v) is 6.42. The van der Waals surface area contributed by atoms with E-state index in [1.165, 1.54) is 19.8 Å². The Morgan fingerprint density at radius 3 is 2.50 bits per heavy atom. The summed E-state index contributed by atoms with van der Waals surface area (Å²) in [5.74, 6) is 1.33. The standard InChI is InChI=1S/C17H30O3/c1-11-6-7-14-16(3,4)15(19)8-9-17(14,5)13(11)10-20-12(2)18/h11,13-15,19H,6-10H2,1-5H3/t11?,13-,14-,15-,17+/m0/s1. The molecule has 0 aromatic carbocycles. The summed E-state index contributed by atoms with van der Waals surface area (Å²) in [5, 5.41) is 10.4. The first-order valence-electron chi connectivity index (χ1n) is 8.01. The van der Waals surface area contributed by atoms with Gasteiger partial charge in [0.2, 0.25) is 0 Å². The van der Waals surface area contributed by atoms with E-state index in [1.54, 1.807) is 0 Å². The van der Waals surface area contributed by atoms with Gasteiger partial charge in [-0.25, -0.2) is 0 Å². The number of carbonyl (C=O) groups is 1. The molecule has 0 amide bonds. The maximum Gasteiger partial charge on any atom is 0.302 e. The zero-order chi connectivity index (χ0) is 15.1. The van der Waals surface area contributed by atoms with Crippen LogP contribution in [0.2, 0.25) is 0 Å². The fourth-order valence-corrected chi connectivity index (χ4v) is 5.06. The van der Waals surface area contributed by atoms with Crippen molar-refractivity contribution in [2.45, 2.75) is 66.4 Å². The van der Waals surface area contributed by atoms with E-state index in [4.69, 9.17) is 4.74 Å². The smallest absolute Gasteiger partial charge is 0.302 e. The van der Waals surface area contributed by atoms with Crippen molar-refractivity contribution in [3.8, 4) is 0 Å². The molecule has 20 heavy (non-hydrogen) atoms. The van der Waals surface area contributed by atoms with Crippen molar-refractivity contribution in [3.05, 3.63) is 0 Å². The van der Waals surface area contributed by atoms with Gasteiger partial charge in [-0.1, -0.05) is 27.7 Å². The van der Waals surface area contributed by atoms with E-state index in [9.17, 15) is 9.90 Å². The Kier molecular flexibility index (Phi) is 4.21. The lowest BCUT2D eigenvalue weighted by atomic mass is 9.46. The Labute approximate surface area is 123 Å². The van der Waals surface area contributed by atoms with Gasteiger partial charge in [-0.15, -0.1) is 0 Å². The number of hydrogen-bond donors (Lipinski definition) is 1. The van der Waals surface area contributed by atoms with E-state index in [0.717, 1.165) is 12.8 Å². The highest BCUT2D eigenvalue weighted by molar-refractivity contribution is 5.65.